The highest BCUT2D eigenvalue weighted by molar-refractivity contribution is 7.89. The molecule has 0 bridgehead atoms. The average molecular weight is 567 g/mol. The first kappa shape index (κ1) is 30.7. The first-order valence-corrected chi connectivity index (χ1v) is 14.0. The molecule has 0 aliphatic carbocycles. The number of hydrogen-bond donors (Lipinski definition) is 0. The molecule has 0 saturated carbocycles. The molecule has 0 spiro atoms. The van der Waals surface area contributed by atoms with E-state index in [1.165, 1.54) is 34.7 Å². The molecule has 2 aromatic carbocycles. The number of methoxy groups -OCH3 is 2. The van der Waals surface area contributed by atoms with Crippen LogP contribution in [0.25, 0.3) is 12.2 Å². The Morgan fingerprint density at radius 1 is 0.846 bits per heavy atom. The maximum atomic E-state index is 13.8. The third-order valence-electron chi connectivity index (χ3n) is 6.37. The Morgan fingerprint density at radius 3 is 1.90 bits per heavy atom. The minimum atomic E-state index is -3.85. The number of rotatable bonds is 12. The van der Waals surface area contributed by atoms with Crippen molar-refractivity contribution in [1.29, 1.82) is 0 Å². The Kier molecular flexibility index (Phi) is 11.0. The van der Waals surface area contributed by atoms with Crippen LogP contribution in [0, 0.1) is 24.4 Å². The molecule has 2 aromatic rings. The maximum absolute atomic E-state index is 13.8. The van der Waals surface area contributed by atoms with E-state index in [0.717, 1.165) is 12.1 Å². The first-order chi connectivity index (χ1) is 18.5. The fourth-order valence-electron chi connectivity index (χ4n) is 4.12. The fourth-order valence-corrected chi connectivity index (χ4v) is 5.54. The Hall–Kier alpha value is -2.83. The molecule has 1 aliphatic rings. The molecule has 1 saturated heterocycles. The van der Waals surface area contributed by atoms with Gasteiger partial charge in [-0.05, 0) is 60.0 Å². The van der Waals surface area contributed by atoms with Crippen LogP contribution in [0.4, 0.5) is 13.2 Å². The van der Waals surface area contributed by atoms with Gasteiger partial charge in [-0.25, -0.2) is 21.6 Å². The molecule has 1 aliphatic heterocycles. The third kappa shape index (κ3) is 8.58. The quantitative estimate of drug-likeness (QED) is 0.365. The van der Waals surface area contributed by atoms with E-state index in [-0.39, 0.29) is 42.1 Å². The number of piperidine rings is 1. The molecule has 1 fully saturated rings. The second-order valence-electron chi connectivity index (χ2n) is 9.26. The molecule has 0 amide bonds. The Morgan fingerprint density at radius 2 is 1.38 bits per heavy atom. The summed E-state index contributed by atoms with van der Waals surface area (Å²) < 4.78 is 79.4. The van der Waals surface area contributed by atoms with Gasteiger partial charge in [0.05, 0.1) is 19.0 Å². The predicted octanol–water partition coefficient (Wildman–Crippen LogP) is 3.69. The van der Waals surface area contributed by atoms with E-state index in [0.29, 0.717) is 37.4 Å². The fraction of sp³-hybridized carbons (Fsp3) is 0.393. The molecule has 0 aromatic heterocycles. The van der Waals surface area contributed by atoms with E-state index >= 15 is 0 Å². The van der Waals surface area contributed by atoms with Crippen LogP contribution in [0.5, 0.6) is 0 Å². The summed E-state index contributed by atoms with van der Waals surface area (Å²) in [7, 11) is -0.724. The molecule has 0 atom stereocenters. The molecular formula is C28H33F3N2O5S. The topological polar surface area (TPSA) is 76.2 Å². The number of nitrogens with zero attached hydrogens (tertiary/aromatic N) is 2. The molecule has 3 rings (SSSR count). The van der Waals surface area contributed by atoms with Gasteiger partial charge in [0.2, 0.25) is 10.0 Å². The van der Waals surface area contributed by atoms with Gasteiger partial charge >= 0.3 is 0 Å². The number of benzene rings is 2. The zero-order valence-corrected chi connectivity index (χ0v) is 23.1. The van der Waals surface area contributed by atoms with Crippen LogP contribution in [0.1, 0.15) is 16.7 Å². The normalized spacial score (nSPS) is 17.1. The number of halogens is 3. The number of ketones is 1. The highest BCUT2D eigenvalue weighted by Gasteiger charge is 2.33. The summed E-state index contributed by atoms with van der Waals surface area (Å²) in [4.78, 5) is 15.3. The van der Waals surface area contributed by atoms with E-state index in [9.17, 15) is 26.4 Å². The summed E-state index contributed by atoms with van der Waals surface area (Å²) >= 11 is 0. The van der Waals surface area contributed by atoms with Crippen LogP contribution < -0.4 is 0 Å². The molecule has 0 radical (unpaired) electrons. The lowest BCUT2D eigenvalue weighted by Gasteiger charge is -2.30. The molecule has 0 N–H and O–H groups in total. The van der Waals surface area contributed by atoms with Crippen LogP contribution in [-0.4, -0.2) is 89.3 Å². The molecular weight excluding hydrogens is 533 g/mol. The standard InChI is InChI=1S/C28H33F3N2O5S/c1-20-14-21(4-6-25(20)29)15-23-18-33(39(35,36)13-10-32(8-11-37-2)9-12-38-3)19-24(28(23)34)16-22-5-7-26(30)27(31)17-22/h4-7,14-17H,8-13,18-19H2,1-3H3/b23-15+,24-16+. The molecule has 1 heterocycles. The number of carbonyl (C=O) groups excluding carboxylic acids is 1. The highest BCUT2D eigenvalue weighted by atomic mass is 32.2. The summed E-state index contributed by atoms with van der Waals surface area (Å²) in [5, 5.41) is 0. The average Bonchev–Trinajstić information content (AvgIpc) is 2.90. The SMILES string of the molecule is COCCN(CCOC)CCS(=O)(=O)N1C/C(=C\c2ccc(F)c(C)c2)C(=O)/C(=C/c2ccc(F)c(F)c2)C1. The number of ether oxygens (including phenoxy) is 2. The predicted molar refractivity (Wildman–Crippen MR) is 144 cm³/mol. The summed E-state index contributed by atoms with van der Waals surface area (Å²) in [6, 6.07) is 7.53. The van der Waals surface area contributed by atoms with Gasteiger partial charge < -0.3 is 9.47 Å². The Labute approximate surface area is 227 Å². The monoisotopic (exact) mass is 566 g/mol. The molecule has 212 valence electrons. The lowest BCUT2D eigenvalue weighted by atomic mass is 9.95. The van der Waals surface area contributed by atoms with Crippen molar-refractivity contribution in [2.75, 3.05) is 65.9 Å². The third-order valence-corrected chi connectivity index (χ3v) is 8.11. The number of Topliss-reactive ketones (excluding diaryl/α,β-unsaturated/α-hetero) is 1. The van der Waals surface area contributed by atoms with Crippen molar-refractivity contribution in [2.45, 2.75) is 6.92 Å². The number of hydrogen-bond acceptors (Lipinski definition) is 6. The van der Waals surface area contributed by atoms with Gasteiger partial charge in [0.25, 0.3) is 0 Å². The first-order valence-electron chi connectivity index (χ1n) is 12.4. The minimum absolute atomic E-state index is 0.108. The van der Waals surface area contributed by atoms with Gasteiger partial charge in [0.1, 0.15) is 5.82 Å². The summed E-state index contributed by atoms with van der Waals surface area (Å²) in [6.07, 6.45) is 2.89. The Balaban J connectivity index is 1.94. The molecule has 11 heteroatoms. The Bertz CT molecular complexity index is 1260. The number of carbonyl (C=O) groups is 1. The largest absolute Gasteiger partial charge is 0.383 e. The van der Waals surface area contributed by atoms with Crippen molar-refractivity contribution in [1.82, 2.24) is 9.21 Å². The van der Waals surface area contributed by atoms with Crippen LogP contribution >= 0.6 is 0 Å². The second kappa shape index (κ2) is 14.0. The van der Waals surface area contributed by atoms with Gasteiger partial charge in [-0.15, -0.1) is 0 Å². The molecule has 0 unspecified atom stereocenters. The van der Waals surface area contributed by atoms with Crippen molar-refractivity contribution in [3.8, 4) is 0 Å². The van der Waals surface area contributed by atoms with Crippen molar-refractivity contribution < 1.29 is 35.9 Å². The minimum Gasteiger partial charge on any atom is -0.383 e. The molecule has 7 nitrogen and oxygen atoms in total. The van der Waals surface area contributed by atoms with Crippen LogP contribution in [0.15, 0.2) is 47.5 Å². The smallest absolute Gasteiger partial charge is 0.215 e. The van der Waals surface area contributed by atoms with E-state index in [1.54, 1.807) is 27.2 Å². The van der Waals surface area contributed by atoms with E-state index in [1.807, 2.05) is 4.90 Å². The summed E-state index contributed by atoms with van der Waals surface area (Å²) in [6.45, 7) is 3.29. The lowest BCUT2D eigenvalue weighted by molar-refractivity contribution is -0.113. The zero-order chi connectivity index (χ0) is 28.6. The van der Waals surface area contributed by atoms with E-state index in [4.69, 9.17) is 9.47 Å². The van der Waals surface area contributed by atoms with Crippen molar-refractivity contribution >= 4 is 28.0 Å². The highest BCUT2D eigenvalue weighted by Crippen LogP contribution is 2.25. The lowest BCUT2D eigenvalue weighted by Crippen LogP contribution is -2.45. The van der Waals surface area contributed by atoms with Gasteiger partial charge in [-0.2, -0.15) is 4.31 Å². The van der Waals surface area contributed by atoms with Crippen LogP contribution in [0.3, 0.4) is 0 Å². The zero-order valence-electron chi connectivity index (χ0n) is 22.3. The van der Waals surface area contributed by atoms with Gasteiger partial charge in [0, 0.05) is 58.1 Å². The van der Waals surface area contributed by atoms with Crippen LogP contribution in [-0.2, 0) is 24.3 Å². The maximum Gasteiger partial charge on any atom is 0.215 e. The van der Waals surface area contributed by atoms with E-state index in [2.05, 4.69) is 0 Å². The number of sulfonamides is 1. The van der Waals surface area contributed by atoms with Crippen molar-refractivity contribution in [2.24, 2.45) is 0 Å². The van der Waals surface area contributed by atoms with Gasteiger partial charge in [0.15, 0.2) is 17.4 Å². The second-order valence-corrected chi connectivity index (χ2v) is 11.4. The molecule has 39 heavy (non-hydrogen) atoms. The van der Waals surface area contributed by atoms with Gasteiger partial charge in [-0.1, -0.05) is 12.1 Å². The van der Waals surface area contributed by atoms with Crippen LogP contribution in [0.2, 0.25) is 0 Å². The van der Waals surface area contributed by atoms with Crippen molar-refractivity contribution in [3.05, 3.63) is 81.7 Å². The number of aryl methyl sites for hydroxylation is 1. The summed E-state index contributed by atoms with van der Waals surface area (Å²) in [5.41, 5.74) is 1.42. The van der Waals surface area contributed by atoms with Gasteiger partial charge in [-0.3, -0.25) is 9.69 Å². The van der Waals surface area contributed by atoms with Crippen molar-refractivity contribution in [3.63, 3.8) is 0 Å². The van der Waals surface area contributed by atoms with E-state index < -0.39 is 33.3 Å². The summed E-state index contributed by atoms with van der Waals surface area (Å²) in [5.74, 6) is -3.15.